The lowest BCUT2D eigenvalue weighted by molar-refractivity contribution is 0.415. The quantitative estimate of drug-likeness (QED) is 0.762. The second-order valence-corrected chi connectivity index (χ2v) is 6.90. The third-order valence-electron chi connectivity index (χ3n) is 4.99. The average molecular weight is 354 g/mol. The molecule has 1 fully saturated rings. The van der Waals surface area contributed by atoms with Crippen LogP contribution in [0.15, 0.2) is 30.3 Å². The van der Waals surface area contributed by atoms with Crippen LogP contribution in [0.5, 0.6) is 5.75 Å². The van der Waals surface area contributed by atoms with Crippen molar-refractivity contribution in [3.63, 3.8) is 0 Å². The zero-order valence-corrected chi connectivity index (χ0v) is 16.2. The predicted octanol–water partition coefficient (Wildman–Crippen LogP) is 4.95. The Kier molecular flexibility index (Phi) is 6.31. The molecule has 1 atom stereocenters. The van der Waals surface area contributed by atoms with Crippen LogP contribution in [-0.4, -0.2) is 29.7 Å². The van der Waals surface area contributed by atoms with Gasteiger partial charge in [-0.05, 0) is 44.2 Å². The number of rotatable bonds is 7. The molecule has 0 spiro atoms. The predicted molar refractivity (Wildman–Crippen MR) is 108 cm³/mol. The fourth-order valence-corrected chi connectivity index (χ4v) is 3.63. The van der Waals surface area contributed by atoms with Gasteiger partial charge in [0.2, 0.25) is 5.95 Å². The van der Waals surface area contributed by atoms with E-state index in [1.54, 1.807) is 7.11 Å². The fraction of sp³-hybridized carbons (Fsp3) is 0.524. The van der Waals surface area contributed by atoms with Crippen molar-refractivity contribution in [1.82, 2.24) is 9.97 Å². The number of nitrogens with one attached hydrogen (secondary N) is 1. The highest BCUT2D eigenvalue weighted by Crippen LogP contribution is 2.27. The average Bonchev–Trinajstić information content (AvgIpc) is 2.68. The molecule has 0 radical (unpaired) electrons. The molecule has 1 unspecified atom stereocenters. The van der Waals surface area contributed by atoms with Crippen molar-refractivity contribution in [2.24, 2.45) is 0 Å². The summed E-state index contributed by atoms with van der Waals surface area (Å²) < 4.78 is 5.31. The molecule has 0 saturated carbocycles. The minimum atomic E-state index is 0.581. The van der Waals surface area contributed by atoms with Crippen LogP contribution >= 0.6 is 0 Å². The van der Waals surface area contributed by atoms with E-state index in [-0.39, 0.29) is 0 Å². The number of nitrogens with zero attached hydrogens (tertiary/aromatic N) is 3. The summed E-state index contributed by atoms with van der Waals surface area (Å²) in [4.78, 5) is 12.1. The SMILES string of the molecule is CCCc1cc(N2CCCCC2CC)nc(Nc2cccc(OC)c2)n1. The summed E-state index contributed by atoms with van der Waals surface area (Å²) in [7, 11) is 1.68. The zero-order chi connectivity index (χ0) is 18.4. The topological polar surface area (TPSA) is 50.3 Å². The highest BCUT2D eigenvalue weighted by atomic mass is 16.5. The van der Waals surface area contributed by atoms with Crippen LogP contribution in [0, 0.1) is 0 Å². The van der Waals surface area contributed by atoms with Gasteiger partial charge in [-0.25, -0.2) is 4.98 Å². The Morgan fingerprint density at radius 2 is 2.08 bits per heavy atom. The van der Waals surface area contributed by atoms with Crippen molar-refractivity contribution in [1.29, 1.82) is 0 Å². The van der Waals surface area contributed by atoms with Gasteiger partial charge in [-0.3, -0.25) is 0 Å². The third-order valence-corrected chi connectivity index (χ3v) is 4.99. The molecule has 0 bridgehead atoms. The van der Waals surface area contributed by atoms with Crippen LogP contribution in [0.1, 0.15) is 51.6 Å². The first-order chi connectivity index (χ1) is 12.7. The Morgan fingerprint density at radius 3 is 2.85 bits per heavy atom. The molecule has 0 amide bonds. The van der Waals surface area contributed by atoms with Crippen LogP contribution in [0.25, 0.3) is 0 Å². The Morgan fingerprint density at radius 1 is 1.19 bits per heavy atom. The van der Waals surface area contributed by atoms with Gasteiger partial charge >= 0.3 is 0 Å². The summed E-state index contributed by atoms with van der Waals surface area (Å²) in [6, 6.07) is 10.6. The molecule has 140 valence electrons. The molecule has 26 heavy (non-hydrogen) atoms. The molecule has 0 aliphatic carbocycles. The first-order valence-corrected chi connectivity index (χ1v) is 9.79. The molecule has 5 nitrogen and oxygen atoms in total. The second-order valence-electron chi connectivity index (χ2n) is 6.90. The normalized spacial score (nSPS) is 17.2. The van der Waals surface area contributed by atoms with Crippen molar-refractivity contribution >= 4 is 17.5 Å². The van der Waals surface area contributed by atoms with E-state index in [0.717, 1.165) is 48.8 Å². The van der Waals surface area contributed by atoms with Crippen LogP contribution in [0.2, 0.25) is 0 Å². The number of hydrogen-bond acceptors (Lipinski definition) is 5. The van der Waals surface area contributed by atoms with Crippen molar-refractivity contribution in [3.8, 4) is 5.75 Å². The largest absolute Gasteiger partial charge is 0.497 e. The maximum absolute atomic E-state index is 5.31. The van der Waals surface area contributed by atoms with Gasteiger partial charge in [0.1, 0.15) is 11.6 Å². The van der Waals surface area contributed by atoms with E-state index < -0.39 is 0 Å². The molecule has 2 heterocycles. The van der Waals surface area contributed by atoms with Crippen LogP contribution in [-0.2, 0) is 6.42 Å². The van der Waals surface area contributed by atoms with Gasteiger partial charge in [-0.1, -0.05) is 26.3 Å². The van der Waals surface area contributed by atoms with E-state index in [4.69, 9.17) is 14.7 Å². The Bertz CT molecular complexity index is 719. The minimum absolute atomic E-state index is 0.581. The monoisotopic (exact) mass is 354 g/mol. The van der Waals surface area contributed by atoms with E-state index in [0.29, 0.717) is 12.0 Å². The summed E-state index contributed by atoms with van der Waals surface area (Å²) in [5, 5.41) is 3.36. The lowest BCUT2D eigenvalue weighted by Gasteiger charge is -2.36. The smallest absolute Gasteiger partial charge is 0.229 e. The number of hydrogen-bond donors (Lipinski definition) is 1. The highest BCUT2D eigenvalue weighted by molar-refractivity contribution is 5.58. The van der Waals surface area contributed by atoms with Crippen LogP contribution in [0.3, 0.4) is 0 Å². The Labute approximate surface area is 156 Å². The summed E-state index contributed by atoms with van der Waals surface area (Å²) in [5.41, 5.74) is 2.04. The molecule has 5 heteroatoms. The Hall–Kier alpha value is -2.30. The van der Waals surface area contributed by atoms with Gasteiger partial charge in [0.05, 0.1) is 7.11 Å². The van der Waals surface area contributed by atoms with E-state index >= 15 is 0 Å². The number of ether oxygens (including phenoxy) is 1. The number of aromatic nitrogens is 2. The number of piperidine rings is 1. The first-order valence-electron chi connectivity index (χ1n) is 9.79. The van der Waals surface area contributed by atoms with E-state index in [1.165, 1.54) is 19.3 Å². The number of methoxy groups -OCH3 is 1. The molecule has 1 aromatic heterocycles. The molecule has 2 aromatic rings. The Balaban J connectivity index is 1.90. The van der Waals surface area contributed by atoms with Gasteiger partial charge in [0, 0.05) is 36.1 Å². The number of benzene rings is 1. The van der Waals surface area contributed by atoms with E-state index in [1.807, 2.05) is 24.3 Å². The number of anilines is 3. The molecular weight excluding hydrogens is 324 g/mol. The molecule has 1 aliphatic heterocycles. The minimum Gasteiger partial charge on any atom is -0.497 e. The van der Waals surface area contributed by atoms with Crippen molar-refractivity contribution in [3.05, 3.63) is 36.0 Å². The van der Waals surface area contributed by atoms with E-state index in [2.05, 4.69) is 30.1 Å². The van der Waals surface area contributed by atoms with Crippen molar-refractivity contribution in [2.75, 3.05) is 23.9 Å². The van der Waals surface area contributed by atoms with E-state index in [9.17, 15) is 0 Å². The van der Waals surface area contributed by atoms with Gasteiger partial charge in [-0.2, -0.15) is 4.98 Å². The maximum atomic E-state index is 5.31. The van der Waals surface area contributed by atoms with Crippen LogP contribution in [0.4, 0.5) is 17.5 Å². The molecule has 1 saturated heterocycles. The zero-order valence-electron chi connectivity index (χ0n) is 16.2. The third kappa shape index (κ3) is 4.45. The fourth-order valence-electron chi connectivity index (χ4n) is 3.63. The second kappa shape index (κ2) is 8.88. The summed E-state index contributed by atoms with van der Waals surface area (Å²) in [6.45, 7) is 5.54. The standard InChI is InChI=1S/C21H30N4O/c1-4-9-16-15-20(25-13-7-6-11-18(25)5-2)24-21(22-16)23-17-10-8-12-19(14-17)26-3/h8,10,12,14-15,18H,4-7,9,11,13H2,1-3H3,(H,22,23,24). The first kappa shape index (κ1) is 18.5. The van der Waals surface area contributed by atoms with Gasteiger partial charge in [0.15, 0.2) is 0 Å². The molecule has 1 aliphatic rings. The lowest BCUT2D eigenvalue weighted by Crippen LogP contribution is -2.39. The van der Waals surface area contributed by atoms with Crippen molar-refractivity contribution < 1.29 is 4.74 Å². The molecule has 1 N–H and O–H groups in total. The maximum Gasteiger partial charge on any atom is 0.229 e. The summed E-state index contributed by atoms with van der Waals surface area (Å²) in [5.74, 6) is 2.54. The molecular formula is C21H30N4O. The van der Waals surface area contributed by atoms with Gasteiger partial charge in [0.25, 0.3) is 0 Å². The van der Waals surface area contributed by atoms with Gasteiger partial charge in [-0.15, -0.1) is 0 Å². The highest BCUT2D eigenvalue weighted by Gasteiger charge is 2.23. The molecule has 3 rings (SSSR count). The molecule has 1 aromatic carbocycles. The summed E-state index contributed by atoms with van der Waals surface area (Å²) >= 11 is 0. The summed E-state index contributed by atoms with van der Waals surface area (Å²) in [6.07, 6.45) is 7.01. The lowest BCUT2D eigenvalue weighted by atomic mass is 10.00. The number of aryl methyl sites for hydroxylation is 1. The van der Waals surface area contributed by atoms with Gasteiger partial charge < -0.3 is 15.0 Å². The van der Waals surface area contributed by atoms with Crippen LogP contribution < -0.4 is 15.0 Å². The van der Waals surface area contributed by atoms with Crippen molar-refractivity contribution in [2.45, 2.75) is 58.4 Å².